The first-order valence-corrected chi connectivity index (χ1v) is 14.5. The monoisotopic (exact) mass is 537 g/mol. The first kappa shape index (κ1) is 23.4. The smallest absolute Gasteiger partial charge is 0.235 e. The second kappa shape index (κ2) is 8.37. The van der Waals surface area contributed by atoms with Gasteiger partial charge < -0.3 is 0 Å². The Morgan fingerprint density at radius 3 is 1.93 bits per heavy atom. The van der Waals surface area contributed by atoms with Gasteiger partial charge in [-0.2, -0.15) is 0 Å². The highest BCUT2D eigenvalue weighted by atomic mass is 15.2. The predicted molar refractivity (Wildman–Crippen MR) is 174 cm³/mol. The van der Waals surface area contributed by atoms with E-state index in [9.17, 15) is 0 Å². The fourth-order valence-electron chi connectivity index (χ4n) is 7.20. The van der Waals surface area contributed by atoms with Crippen molar-refractivity contribution in [2.45, 2.75) is 19.3 Å². The minimum atomic E-state index is -0.242. The molecule has 42 heavy (non-hydrogen) atoms. The van der Waals surface area contributed by atoms with Crippen LogP contribution < -0.4 is 0 Å². The first-order chi connectivity index (χ1) is 20.6. The SMILES string of the molecule is CC1(C)c2ccccc2-c2nc(-n3c4ccccc4c4cc5ccccc5cc43)nc(-c3cccc4ccccc34)c21. The molecule has 0 atom stereocenters. The summed E-state index contributed by atoms with van der Waals surface area (Å²) in [5.74, 6) is 0.700. The molecular weight excluding hydrogens is 510 g/mol. The fourth-order valence-corrected chi connectivity index (χ4v) is 7.20. The second-order valence-corrected chi connectivity index (χ2v) is 11.9. The summed E-state index contributed by atoms with van der Waals surface area (Å²) in [5.41, 5.74) is 8.81. The van der Waals surface area contributed by atoms with Gasteiger partial charge >= 0.3 is 0 Å². The molecule has 9 rings (SSSR count). The highest BCUT2D eigenvalue weighted by Crippen LogP contribution is 2.52. The van der Waals surface area contributed by atoms with Crippen molar-refractivity contribution in [1.29, 1.82) is 0 Å². The van der Waals surface area contributed by atoms with Crippen molar-refractivity contribution >= 4 is 43.4 Å². The zero-order valence-corrected chi connectivity index (χ0v) is 23.5. The van der Waals surface area contributed by atoms with Gasteiger partial charge in [0.05, 0.1) is 22.4 Å². The Balaban J connectivity index is 1.45. The van der Waals surface area contributed by atoms with Crippen LogP contribution in [0.3, 0.4) is 0 Å². The third kappa shape index (κ3) is 3.11. The molecule has 0 N–H and O–H groups in total. The predicted octanol–water partition coefficient (Wildman–Crippen LogP) is 9.85. The molecule has 0 aliphatic heterocycles. The van der Waals surface area contributed by atoms with E-state index in [0.717, 1.165) is 28.0 Å². The number of nitrogens with zero attached hydrogens (tertiary/aromatic N) is 3. The van der Waals surface area contributed by atoms with E-state index in [4.69, 9.17) is 9.97 Å². The Labute approximate surface area is 243 Å². The lowest BCUT2D eigenvalue weighted by Crippen LogP contribution is -2.18. The lowest BCUT2D eigenvalue weighted by molar-refractivity contribution is 0.657. The topological polar surface area (TPSA) is 30.7 Å². The minimum absolute atomic E-state index is 0.242. The van der Waals surface area contributed by atoms with Crippen LogP contribution in [0.25, 0.3) is 71.8 Å². The molecule has 198 valence electrons. The van der Waals surface area contributed by atoms with Crippen LogP contribution in [-0.4, -0.2) is 14.5 Å². The summed E-state index contributed by atoms with van der Waals surface area (Å²) in [6.45, 7) is 4.61. The van der Waals surface area contributed by atoms with Crippen LogP contribution in [0, 0.1) is 0 Å². The normalized spacial score (nSPS) is 13.7. The molecule has 1 aliphatic carbocycles. The van der Waals surface area contributed by atoms with Gasteiger partial charge in [-0.25, -0.2) is 9.97 Å². The van der Waals surface area contributed by atoms with Crippen LogP contribution in [0.5, 0.6) is 0 Å². The number of hydrogen-bond donors (Lipinski definition) is 0. The molecule has 0 amide bonds. The van der Waals surface area contributed by atoms with Gasteiger partial charge in [0.15, 0.2) is 0 Å². The standard InChI is InChI=1S/C39H27N3/c1-39(2)32-20-9-7-18-30(32)37-35(39)36(29-19-11-15-24-12-5-6-16-27(24)29)40-38(41-37)42-33-21-10-8-17-28(33)31-22-25-13-3-4-14-26(25)23-34(31)42/h3-23H,1-2H3. The van der Waals surface area contributed by atoms with Crippen molar-refractivity contribution in [1.82, 2.24) is 14.5 Å². The summed E-state index contributed by atoms with van der Waals surface area (Å²) in [7, 11) is 0. The fraction of sp³-hybridized carbons (Fsp3) is 0.0769. The van der Waals surface area contributed by atoms with Crippen molar-refractivity contribution in [3.05, 3.63) is 139 Å². The second-order valence-electron chi connectivity index (χ2n) is 11.9. The molecular formula is C39H27N3. The van der Waals surface area contributed by atoms with Crippen molar-refractivity contribution in [3.63, 3.8) is 0 Å². The molecule has 0 spiro atoms. The maximum absolute atomic E-state index is 5.52. The molecule has 6 aromatic carbocycles. The van der Waals surface area contributed by atoms with E-state index in [1.807, 2.05) is 0 Å². The summed E-state index contributed by atoms with van der Waals surface area (Å²) in [6, 6.07) is 45.6. The summed E-state index contributed by atoms with van der Waals surface area (Å²) in [5, 5.41) is 7.26. The van der Waals surface area contributed by atoms with E-state index >= 15 is 0 Å². The third-order valence-corrected chi connectivity index (χ3v) is 9.16. The van der Waals surface area contributed by atoms with Crippen LogP contribution in [0.15, 0.2) is 127 Å². The number of aromatic nitrogens is 3. The summed E-state index contributed by atoms with van der Waals surface area (Å²) in [4.78, 5) is 10.9. The molecule has 3 nitrogen and oxygen atoms in total. The van der Waals surface area contributed by atoms with E-state index < -0.39 is 0 Å². The molecule has 0 radical (unpaired) electrons. The van der Waals surface area contributed by atoms with E-state index in [1.165, 1.54) is 49.0 Å². The van der Waals surface area contributed by atoms with Crippen molar-refractivity contribution < 1.29 is 0 Å². The Bertz CT molecular complexity index is 2390. The number of fused-ring (bicyclic) bond motifs is 8. The van der Waals surface area contributed by atoms with Crippen molar-refractivity contribution in [2.75, 3.05) is 0 Å². The minimum Gasteiger partial charge on any atom is -0.278 e. The zero-order valence-electron chi connectivity index (χ0n) is 23.5. The Morgan fingerprint density at radius 1 is 0.500 bits per heavy atom. The Morgan fingerprint density at radius 2 is 1.10 bits per heavy atom. The lowest BCUT2D eigenvalue weighted by atomic mass is 9.80. The van der Waals surface area contributed by atoms with Gasteiger partial charge in [0.1, 0.15) is 0 Å². The van der Waals surface area contributed by atoms with Crippen molar-refractivity contribution in [2.24, 2.45) is 0 Å². The van der Waals surface area contributed by atoms with E-state index in [1.54, 1.807) is 0 Å². The molecule has 3 heteroatoms. The summed E-state index contributed by atoms with van der Waals surface area (Å²) >= 11 is 0. The van der Waals surface area contributed by atoms with Gasteiger partial charge in [-0.15, -0.1) is 0 Å². The van der Waals surface area contributed by atoms with Crippen LogP contribution >= 0.6 is 0 Å². The third-order valence-electron chi connectivity index (χ3n) is 9.16. The average molecular weight is 538 g/mol. The molecule has 0 unspecified atom stereocenters. The number of benzene rings is 6. The van der Waals surface area contributed by atoms with Gasteiger partial charge in [-0.05, 0) is 45.3 Å². The number of hydrogen-bond acceptors (Lipinski definition) is 2. The van der Waals surface area contributed by atoms with Gasteiger partial charge in [0.25, 0.3) is 0 Å². The highest BCUT2D eigenvalue weighted by molar-refractivity contribution is 6.13. The van der Waals surface area contributed by atoms with E-state index in [-0.39, 0.29) is 5.41 Å². The van der Waals surface area contributed by atoms with Crippen molar-refractivity contribution in [3.8, 4) is 28.5 Å². The van der Waals surface area contributed by atoms with E-state index in [2.05, 4.69) is 146 Å². The molecule has 0 saturated heterocycles. The number of para-hydroxylation sites is 1. The quantitative estimate of drug-likeness (QED) is 0.220. The summed E-state index contributed by atoms with van der Waals surface area (Å²) in [6.07, 6.45) is 0. The molecule has 0 fully saturated rings. The summed E-state index contributed by atoms with van der Waals surface area (Å²) < 4.78 is 2.26. The highest BCUT2D eigenvalue weighted by Gasteiger charge is 2.40. The molecule has 1 aliphatic rings. The maximum Gasteiger partial charge on any atom is 0.235 e. The van der Waals surface area contributed by atoms with Crippen LogP contribution in [-0.2, 0) is 5.41 Å². The average Bonchev–Trinajstić information content (AvgIpc) is 3.47. The van der Waals surface area contributed by atoms with Gasteiger partial charge in [0, 0.05) is 32.9 Å². The van der Waals surface area contributed by atoms with E-state index in [0.29, 0.717) is 5.95 Å². The Hall–Kier alpha value is -5.28. The largest absolute Gasteiger partial charge is 0.278 e. The van der Waals surface area contributed by atoms with Gasteiger partial charge in [-0.3, -0.25) is 4.57 Å². The van der Waals surface area contributed by atoms with Gasteiger partial charge in [-0.1, -0.05) is 123 Å². The van der Waals surface area contributed by atoms with Crippen LogP contribution in [0.2, 0.25) is 0 Å². The molecule has 2 aromatic heterocycles. The molecule has 8 aromatic rings. The first-order valence-electron chi connectivity index (χ1n) is 14.5. The zero-order chi connectivity index (χ0) is 28.0. The lowest BCUT2D eigenvalue weighted by Gasteiger charge is -2.24. The van der Waals surface area contributed by atoms with Crippen LogP contribution in [0.4, 0.5) is 0 Å². The maximum atomic E-state index is 5.52. The molecule has 0 bridgehead atoms. The van der Waals surface area contributed by atoms with Gasteiger partial charge in [0.2, 0.25) is 5.95 Å². The van der Waals surface area contributed by atoms with Crippen LogP contribution in [0.1, 0.15) is 25.0 Å². The molecule has 2 heterocycles. The Kier molecular flexibility index (Phi) is 4.67. The molecule has 0 saturated carbocycles. The number of rotatable bonds is 2.